The Kier molecular flexibility index (Phi) is 5.22. The van der Waals surface area contributed by atoms with Gasteiger partial charge in [0.15, 0.2) is 0 Å². The molecule has 0 fully saturated rings. The summed E-state index contributed by atoms with van der Waals surface area (Å²) >= 11 is 0. The quantitative estimate of drug-likeness (QED) is 0.575. The molecule has 1 rings (SSSR count). The summed E-state index contributed by atoms with van der Waals surface area (Å²) in [7, 11) is 0. The summed E-state index contributed by atoms with van der Waals surface area (Å²) in [5, 5.41) is 0. The highest BCUT2D eigenvalue weighted by Crippen LogP contribution is 2.01. The predicted molar refractivity (Wildman–Crippen MR) is 59.5 cm³/mol. The van der Waals surface area contributed by atoms with Gasteiger partial charge in [-0.2, -0.15) is 0 Å². The third-order valence-electron chi connectivity index (χ3n) is 2.05. The smallest absolute Gasteiger partial charge is 0.374 e. The van der Waals surface area contributed by atoms with E-state index in [1.54, 1.807) is 0 Å². The Labute approximate surface area is 94.4 Å². The molecule has 0 bridgehead atoms. The van der Waals surface area contributed by atoms with Gasteiger partial charge in [0.25, 0.3) is 0 Å². The van der Waals surface area contributed by atoms with Crippen LogP contribution < -0.4 is 5.73 Å². The lowest BCUT2D eigenvalue weighted by molar-refractivity contribution is -0.154. The second kappa shape index (κ2) is 6.74. The van der Waals surface area contributed by atoms with E-state index in [0.29, 0.717) is 13.0 Å². The van der Waals surface area contributed by atoms with Crippen LogP contribution in [0.1, 0.15) is 18.4 Å². The molecule has 0 spiro atoms. The van der Waals surface area contributed by atoms with Crippen molar-refractivity contribution < 1.29 is 14.3 Å². The summed E-state index contributed by atoms with van der Waals surface area (Å²) in [6.45, 7) is 0.533. The number of esters is 1. The fourth-order valence-corrected chi connectivity index (χ4v) is 1.17. The van der Waals surface area contributed by atoms with Gasteiger partial charge in [-0.3, -0.25) is 4.79 Å². The molecule has 0 atom stereocenters. The van der Waals surface area contributed by atoms with Crippen molar-refractivity contribution in [1.29, 1.82) is 0 Å². The van der Waals surface area contributed by atoms with Gasteiger partial charge in [-0.15, -0.1) is 0 Å². The van der Waals surface area contributed by atoms with E-state index in [1.165, 1.54) is 0 Å². The minimum absolute atomic E-state index is 0.133. The Morgan fingerprint density at radius 1 is 1.19 bits per heavy atom. The zero-order valence-corrected chi connectivity index (χ0v) is 9.02. The Balaban J connectivity index is 2.32. The first-order valence-corrected chi connectivity index (χ1v) is 5.18. The molecule has 1 aromatic rings. The molecular weight excluding hydrogens is 206 g/mol. The molecule has 0 unspecified atom stereocenters. The Morgan fingerprint density at radius 3 is 2.50 bits per heavy atom. The maximum atomic E-state index is 11.2. The number of hydrogen-bond acceptors (Lipinski definition) is 4. The number of rotatable bonds is 6. The first kappa shape index (κ1) is 12.4. The van der Waals surface area contributed by atoms with Crippen molar-refractivity contribution in [2.75, 3.05) is 6.54 Å². The third kappa shape index (κ3) is 4.23. The van der Waals surface area contributed by atoms with Crippen LogP contribution in [0.2, 0.25) is 0 Å². The van der Waals surface area contributed by atoms with Crippen LogP contribution in [-0.2, 0) is 20.9 Å². The highest BCUT2D eigenvalue weighted by atomic mass is 16.5. The van der Waals surface area contributed by atoms with Gasteiger partial charge in [-0.1, -0.05) is 30.3 Å². The molecule has 1 aromatic carbocycles. The van der Waals surface area contributed by atoms with Crippen LogP contribution in [0.4, 0.5) is 0 Å². The van der Waals surface area contributed by atoms with E-state index in [4.69, 9.17) is 10.5 Å². The number of carbonyl (C=O) groups is 2. The third-order valence-corrected chi connectivity index (χ3v) is 2.05. The number of Topliss-reactive ketones (excluding diaryl/α,β-unsaturated/α-hetero) is 1. The molecule has 0 heterocycles. The van der Waals surface area contributed by atoms with Crippen molar-refractivity contribution in [2.45, 2.75) is 19.4 Å². The van der Waals surface area contributed by atoms with Crippen LogP contribution in [-0.4, -0.2) is 18.3 Å². The fraction of sp³-hybridized carbons (Fsp3) is 0.333. The Bertz CT molecular complexity index is 349. The van der Waals surface area contributed by atoms with Crippen molar-refractivity contribution in [3.05, 3.63) is 35.9 Å². The molecule has 0 aliphatic heterocycles. The van der Waals surface area contributed by atoms with Gasteiger partial charge >= 0.3 is 5.97 Å². The van der Waals surface area contributed by atoms with Gasteiger partial charge in [-0.25, -0.2) is 4.79 Å². The van der Waals surface area contributed by atoms with E-state index in [1.807, 2.05) is 30.3 Å². The maximum absolute atomic E-state index is 11.2. The lowest BCUT2D eigenvalue weighted by atomic mass is 10.2. The van der Waals surface area contributed by atoms with Crippen LogP contribution in [0, 0.1) is 0 Å². The molecule has 0 amide bonds. The van der Waals surface area contributed by atoms with Crippen LogP contribution >= 0.6 is 0 Å². The largest absolute Gasteiger partial charge is 0.455 e. The summed E-state index contributed by atoms with van der Waals surface area (Å²) in [5.74, 6) is -1.29. The van der Waals surface area contributed by atoms with Crippen molar-refractivity contribution in [3.8, 4) is 0 Å². The number of ether oxygens (including phenoxy) is 1. The second-order valence-corrected chi connectivity index (χ2v) is 3.38. The zero-order chi connectivity index (χ0) is 11.8. The van der Waals surface area contributed by atoms with E-state index in [0.717, 1.165) is 5.56 Å². The van der Waals surface area contributed by atoms with Crippen molar-refractivity contribution in [1.82, 2.24) is 0 Å². The molecule has 2 N–H and O–H groups in total. The lowest BCUT2D eigenvalue weighted by Gasteiger charge is -2.03. The summed E-state index contributed by atoms with van der Waals surface area (Å²) < 4.78 is 4.86. The molecule has 0 aromatic heterocycles. The minimum atomic E-state index is -0.780. The van der Waals surface area contributed by atoms with E-state index < -0.39 is 11.8 Å². The molecule has 0 saturated carbocycles. The van der Waals surface area contributed by atoms with Gasteiger partial charge < -0.3 is 10.5 Å². The fourth-order valence-electron chi connectivity index (χ4n) is 1.17. The van der Waals surface area contributed by atoms with Crippen molar-refractivity contribution in [3.63, 3.8) is 0 Å². The van der Waals surface area contributed by atoms with Crippen molar-refractivity contribution in [2.24, 2.45) is 5.73 Å². The molecule has 16 heavy (non-hydrogen) atoms. The zero-order valence-electron chi connectivity index (χ0n) is 9.02. The lowest BCUT2D eigenvalue weighted by Crippen LogP contribution is -2.18. The van der Waals surface area contributed by atoms with Crippen LogP contribution in [0.15, 0.2) is 30.3 Å². The minimum Gasteiger partial charge on any atom is -0.455 e. The van der Waals surface area contributed by atoms with Gasteiger partial charge in [-0.05, 0) is 18.5 Å². The molecular formula is C12H15NO3. The predicted octanol–water partition coefficient (Wildman–Crippen LogP) is 1.04. The number of benzene rings is 1. The Hall–Kier alpha value is -1.68. The molecule has 0 aliphatic carbocycles. The highest BCUT2D eigenvalue weighted by molar-refractivity contribution is 6.33. The van der Waals surface area contributed by atoms with Crippen LogP contribution in [0.25, 0.3) is 0 Å². The number of ketones is 1. The molecule has 4 nitrogen and oxygen atoms in total. The summed E-state index contributed by atoms with van der Waals surface area (Å²) in [4.78, 5) is 22.4. The number of hydrogen-bond donors (Lipinski definition) is 1. The SMILES string of the molecule is NCCCC(=O)C(=O)OCc1ccccc1. The molecule has 0 saturated heterocycles. The summed E-state index contributed by atoms with van der Waals surface area (Å²) in [6, 6.07) is 9.23. The molecule has 0 aliphatic rings. The average molecular weight is 221 g/mol. The maximum Gasteiger partial charge on any atom is 0.374 e. The van der Waals surface area contributed by atoms with Crippen molar-refractivity contribution >= 4 is 11.8 Å². The Morgan fingerprint density at radius 2 is 1.88 bits per heavy atom. The average Bonchev–Trinajstić information content (AvgIpc) is 2.34. The van der Waals surface area contributed by atoms with E-state index in [2.05, 4.69) is 0 Å². The second-order valence-electron chi connectivity index (χ2n) is 3.38. The van der Waals surface area contributed by atoms with E-state index >= 15 is 0 Å². The van der Waals surface area contributed by atoms with E-state index in [9.17, 15) is 9.59 Å². The van der Waals surface area contributed by atoms with Crippen LogP contribution in [0.5, 0.6) is 0 Å². The summed E-state index contributed by atoms with van der Waals surface area (Å²) in [6.07, 6.45) is 0.670. The first-order valence-electron chi connectivity index (χ1n) is 5.18. The molecule has 86 valence electrons. The topological polar surface area (TPSA) is 69.4 Å². The highest BCUT2D eigenvalue weighted by Gasteiger charge is 2.14. The first-order chi connectivity index (χ1) is 7.74. The van der Waals surface area contributed by atoms with E-state index in [-0.39, 0.29) is 13.0 Å². The van der Waals surface area contributed by atoms with Gasteiger partial charge in [0.05, 0.1) is 0 Å². The van der Waals surface area contributed by atoms with Gasteiger partial charge in [0, 0.05) is 6.42 Å². The standard InChI is InChI=1S/C12H15NO3/c13-8-4-7-11(14)12(15)16-9-10-5-2-1-3-6-10/h1-3,5-6H,4,7-9,13H2. The van der Waals surface area contributed by atoms with Gasteiger partial charge in [0.2, 0.25) is 5.78 Å². The molecule has 0 radical (unpaired) electrons. The normalized spacial score (nSPS) is 9.81. The van der Waals surface area contributed by atoms with Crippen LogP contribution in [0.3, 0.4) is 0 Å². The summed E-state index contributed by atoms with van der Waals surface area (Å²) in [5.41, 5.74) is 6.10. The number of carbonyl (C=O) groups excluding carboxylic acids is 2. The number of nitrogens with two attached hydrogens (primary N) is 1. The van der Waals surface area contributed by atoms with Gasteiger partial charge in [0.1, 0.15) is 6.61 Å². The molecule has 4 heteroatoms. The monoisotopic (exact) mass is 221 g/mol.